The number of thiazole rings is 1. The Morgan fingerprint density at radius 3 is 3.04 bits per heavy atom. The van der Waals surface area contributed by atoms with Crippen molar-refractivity contribution in [2.45, 2.75) is 30.7 Å². The number of hydrogen-bond acceptors (Lipinski definition) is 5. The highest BCUT2D eigenvalue weighted by atomic mass is 32.1. The van der Waals surface area contributed by atoms with Crippen molar-refractivity contribution in [3.05, 3.63) is 47.0 Å². The third kappa shape index (κ3) is 2.67. The lowest BCUT2D eigenvalue weighted by molar-refractivity contribution is -0.0435. The van der Waals surface area contributed by atoms with Gasteiger partial charge in [0.05, 0.1) is 6.61 Å². The largest absolute Gasteiger partial charge is 0.381 e. The summed E-state index contributed by atoms with van der Waals surface area (Å²) >= 11 is 1.44. The van der Waals surface area contributed by atoms with Gasteiger partial charge in [0, 0.05) is 29.6 Å². The normalized spacial score (nSPS) is 31.3. The van der Waals surface area contributed by atoms with Gasteiger partial charge in [0.25, 0.3) is 0 Å². The minimum Gasteiger partial charge on any atom is -0.381 e. The summed E-state index contributed by atoms with van der Waals surface area (Å²) in [6, 6.07) is 9.71. The van der Waals surface area contributed by atoms with Crippen molar-refractivity contribution in [2.24, 2.45) is 5.92 Å². The van der Waals surface area contributed by atoms with Crippen LogP contribution in [0.3, 0.4) is 0 Å². The minimum absolute atomic E-state index is 0.322. The molecule has 3 atom stereocenters. The monoisotopic (exact) mass is 329 g/mol. The number of aromatic nitrogens is 1. The third-order valence-electron chi connectivity index (χ3n) is 5.55. The second-order valence-corrected chi connectivity index (χ2v) is 7.57. The van der Waals surface area contributed by atoms with Gasteiger partial charge >= 0.3 is 0 Å². The van der Waals surface area contributed by atoms with Crippen LogP contribution in [0.25, 0.3) is 0 Å². The van der Waals surface area contributed by atoms with Crippen molar-refractivity contribution >= 4 is 16.5 Å². The van der Waals surface area contributed by atoms with Crippen LogP contribution in [0.5, 0.6) is 0 Å². The van der Waals surface area contributed by atoms with Gasteiger partial charge in [-0.3, -0.25) is 0 Å². The lowest BCUT2D eigenvalue weighted by Gasteiger charge is -2.55. The van der Waals surface area contributed by atoms with Crippen molar-refractivity contribution in [1.29, 1.82) is 0 Å². The molecule has 2 aliphatic heterocycles. The van der Waals surface area contributed by atoms with E-state index < -0.39 is 0 Å². The standard InChI is InChI=1S/C15H19NO.C3H4N2S/c1-2-4-12-11(3-1)9-14-13-5-8-17-10-15(12,13)6-7-16-14;4-3-5-1-2-6-3/h1-4,13-14,16H,5-10H2;1-2H,(H2,4,5)/t13-,14+,15+;/m0./s1. The molecule has 2 fully saturated rings. The maximum atomic E-state index is 5.84. The topological polar surface area (TPSA) is 60.2 Å². The molecule has 122 valence electrons. The van der Waals surface area contributed by atoms with Crippen LogP contribution >= 0.6 is 11.3 Å². The molecule has 0 unspecified atom stereocenters. The number of piperidine rings is 1. The van der Waals surface area contributed by atoms with Crippen molar-refractivity contribution < 1.29 is 4.74 Å². The van der Waals surface area contributed by atoms with Gasteiger partial charge in [0.2, 0.25) is 0 Å². The molecule has 3 N–H and O–H groups in total. The van der Waals surface area contributed by atoms with Crippen molar-refractivity contribution in [1.82, 2.24) is 10.3 Å². The first-order valence-electron chi connectivity index (χ1n) is 8.34. The molecule has 3 aliphatic rings. The molecule has 23 heavy (non-hydrogen) atoms. The Morgan fingerprint density at radius 1 is 1.35 bits per heavy atom. The predicted octanol–water partition coefficient (Wildman–Crippen LogP) is 2.60. The van der Waals surface area contributed by atoms with Gasteiger partial charge in [-0.2, -0.15) is 0 Å². The molecular weight excluding hydrogens is 306 g/mol. The first-order valence-corrected chi connectivity index (χ1v) is 9.22. The van der Waals surface area contributed by atoms with Gasteiger partial charge in [-0.05, 0) is 42.9 Å². The van der Waals surface area contributed by atoms with E-state index >= 15 is 0 Å². The van der Waals surface area contributed by atoms with Crippen LogP contribution in [0.4, 0.5) is 5.13 Å². The summed E-state index contributed by atoms with van der Waals surface area (Å²) in [7, 11) is 0. The first kappa shape index (κ1) is 15.1. The number of anilines is 1. The number of rotatable bonds is 0. The number of benzene rings is 1. The molecule has 0 spiro atoms. The van der Waals surface area contributed by atoms with Gasteiger partial charge in [-0.15, -0.1) is 11.3 Å². The minimum atomic E-state index is 0.322. The van der Waals surface area contributed by atoms with Crippen LogP contribution in [0.2, 0.25) is 0 Å². The molecule has 1 aliphatic carbocycles. The van der Waals surface area contributed by atoms with E-state index in [9.17, 15) is 0 Å². The maximum Gasteiger partial charge on any atom is 0.179 e. The average Bonchev–Trinajstić information content (AvgIpc) is 3.06. The highest BCUT2D eigenvalue weighted by Crippen LogP contribution is 2.49. The summed E-state index contributed by atoms with van der Waals surface area (Å²) in [6.07, 6.45) is 5.36. The molecule has 0 radical (unpaired) electrons. The van der Waals surface area contributed by atoms with E-state index in [2.05, 4.69) is 34.6 Å². The highest BCUT2D eigenvalue weighted by molar-refractivity contribution is 7.13. The second-order valence-electron chi connectivity index (χ2n) is 6.65. The summed E-state index contributed by atoms with van der Waals surface area (Å²) in [5.74, 6) is 0.792. The third-order valence-corrected chi connectivity index (χ3v) is 6.16. The molecular formula is C18H23N3OS. The lowest BCUT2D eigenvalue weighted by Crippen LogP contribution is -2.62. The van der Waals surface area contributed by atoms with Gasteiger partial charge < -0.3 is 15.8 Å². The molecule has 2 bridgehead atoms. The Kier molecular flexibility index (Phi) is 4.09. The smallest absolute Gasteiger partial charge is 0.179 e. The summed E-state index contributed by atoms with van der Waals surface area (Å²) in [6.45, 7) is 3.04. The number of ether oxygens (including phenoxy) is 1. The number of nitrogens with zero attached hydrogens (tertiary/aromatic N) is 1. The van der Waals surface area contributed by atoms with Gasteiger partial charge in [0.15, 0.2) is 5.13 Å². The fourth-order valence-electron chi connectivity index (χ4n) is 4.60. The van der Waals surface area contributed by atoms with Crippen LogP contribution in [0.1, 0.15) is 24.0 Å². The van der Waals surface area contributed by atoms with Gasteiger partial charge in [-0.25, -0.2) is 4.98 Å². The zero-order valence-electron chi connectivity index (χ0n) is 13.2. The van der Waals surface area contributed by atoms with Crippen molar-refractivity contribution in [3.8, 4) is 0 Å². The average molecular weight is 329 g/mol. The van der Waals surface area contributed by atoms with Crippen LogP contribution in [-0.4, -0.2) is 30.8 Å². The number of nitrogen functional groups attached to an aromatic ring is 1. The Morgan fingerprint density at radius 2 is 2.26 bits per heavy atom. The fraction of sp³-hybridized carbons (Fsp3) is 0.500. The summed E-state index contributed by atoms with van der Waals surface area (Å²) in [4.78, 5) is 3.71. The van der Waals surface area contributed by atoms with E-state index in [0.29, 0.717) is 16.6 Å². The van der Waals surface area contributed by atoms with Crippen LogP contribution in [0.15, 0.2) is 35.8 Å². The Labute approximate surface area is 141 Å². The SMILES string of the molecule is Nc1nccs1.c1ccc2c(c1)C[C@H]1NCC[C@@]23COCC[C@@H]13. The Bertz CT molecular complexity index is 656. The molecule has 0 amide bonds. The zero-order valence-corrected chi connectivity index (χ0v) is 14.0. The van der Waals surface area contributed by atoms with E-state index in [1.807, 2.05) is 5.38 Å². The Balaban J connectivity index is 0.000000192. The Hall–Kier alpha value is -1.43. The van der Waals surface area contributed by atoms with Crippen LogP contribution in [-0.2, 0) is 16.6 Å². The van der Waals surface area contributed by atoms with E-state index in [4.69, 9.17) is 10.5 Å². The molecule has 2 saturated heterocycles. The number of hydrogen-bond donors (Lipinski definition) is 2. The molecule has 5 rings (SSSR count). The summed E-state index contributed by atoms with van der Waals surface area (Å²) < 4.78 is 5.84. The number of nitrogens with two attached hydrogens (primary N) is 1. The zero-order chi connectivity index (χ0) is 15.7. The van der Waals surface area contributed by atoms with Crippen LogP contribution in [0, 0.1) is 5.92 Å². The maximum absolute atomic E-state index is 5.84. The highest BCUT2D eigenvalue weighted by Gasteiger charge is 2.51. The first-order chi connectivity index (χ1) is 11.3. The van der Waals surface area contributed by atoms with Gasteiger partial charge in [-0.1, -0.05) is 24.3 Å². The molecule has 0 saturated carbocycles. The molecule has 1 aromatic carbocycles. The number of nitrogens with one attached hydrogen (secondary N) is 1. The van der Waals surface area contributed by atoms with E-state index in [0.717, 1.165) is 25.7 Å². The summed E-state index contributed by atoms with van der Waals surface area (Å²) in [5, 5.41) is 6.21. The van der Waals surface area contributed by atoms with Crippen molar-refractivity contribution in [3.63, 3.8) is 0 Å². The summed E-state index contributed by atoms with van der Waals surface area (Å²) in [5.41, 5.74) is 8.64. The fourth-order valence-corrected chi connectivity index (χ4v) is 4.98. The molecule has 2 aromatic rings. The predicted molar refractivity (Wildman–Crippen MR) is 93.7 cm³/mol. The van der Waals surface area contributed by atoms with Crippen LogP contribution < -0.4 is 11.1 Å². The molecule has 1 aromatic heterocycles. The van der Waals surface area contributed by atoms with Crippen molar-refractivity contribution in [2.75, 3.05) is 25.5 Å². The molecule has 3 heterocycles. The van der Waals surface area contributed by atoms with Gasteiger partial charge in [0.1, 0.15) is 0 Å². The van der Waals surface area contributed by atoms with E-state index in [1.165, 1.54) is 30.6 Å². The molecule has 5 heteroatoms. The second kappa shape index (κ2) is 6.23. The lowest BCUT2D eigenvalue weighted by atomic mass is 9.56. The quantitative estimate of drug-likeness (QED) is 0.780. The number of fused-ring (bicyclic) bond motifs is 1. The molecule has 4 nitrogen and oxygen atoms in total. The van der Waals surface area contributed by atoms with E-state index in [1.54, 1.807) is 17.3 Å². The van der Waals surface area contributed by atoms with E-state index in [-0.39, 0.29) is 0 Å².